The quantitative estimate of drug-likeness (QED) is 0.492. The van der Waals surface area contributed by atoms with Gasteiger partial charge < -0.3 is 9.47 Å². The number of hydrogen-bond donors (Lipinski definition) is 0. The summed E-state index contributed by atoms with van der Waals surface area (Å²) in [7, 11) is 0. The lowest BCUT2D eigenvalue weighted by Gasteiger charge is -2.18. The van der Waals surface area contributed by atoms with E-state index in [1.165, 1.54) is 30.4 Å². The number of allylic oxidation sites excluding steroid dienone is 3. The van der Waals surface area contributed by atoms with Crippen LogP contribution in [0.4, 0.5) is 0 Å². The zero-order valence-electron chi connectivity index (χ0n) is 14.8. The summed E-state index contributed by atoms with van der Waals surface area (Å²) >= 11 is 0. The van der Waals surface area contributed by atoms with Gasteiger partial charge in [0.05, 0.1) is 23.4 Å². The van der Waals surface area contributed by atoms with Crippen LogP contribution in [0.2, 0.25) is 0 Å². The Labute approximate surface area is 136 Å². The molecule has 2 nitrogen and oxygen atoms in total. The summed E-state index contributed by atoms with van der Waals surface area (Å²) in [6.07, 6.45) is 11.4. The Bertz CT molecular complexity index is 480. The van der Waals surface area contributed by atoms with Crippen LogP contribution in [-0.2, 0) is 9.47 Å². The second-order valence-electron chi connectivity index (χ2n) is 8.28. The van der Waals surface area contributed by atoms with Crippen molar-refractivity contribution < 1.29 is 9.47 Å². The molecule has 0 saturated carbocycles. The topological polar surface area (TPSA) is 25.1 Å². The fraction of sp³-hybridized carbons (Fsp3) is 0.800. The molecule has 0 aromatic rings. The summed E-state index contributed by atoms with van der Waals surface area (Å²) in [4.78, 5) is 0. The van der Waals surface area contributed by atoms with E-state index in [1.54, 1.807) is 0 Å². The van der Waals surface area contributed by atoms with Crippen molar-refractivity contribution in [2.75, 3.05) is 0 Å². The first kappa shape index (κ1) is 16.3. The van der Waals surface area contributed by atoms with Crippen LogP contribution in [0.5, 0.6) is 0 Å². The average molecular weight is 304 g/mol. The molecular weight excluding hydrogens is 272 g/mol. The van der Waals surface area contributed by atoms with E-state index in [0.717, 1.165) is 25.7 Å². The molecule has 2 fully saturated rings. The molecule has 2 heteroatoms. The summed E-state index contributed by atoms with van der Waals surface area (Å²) in [6.45, 7) is 13.2. The Hall–Kier alpha value is -0.600. The Morgan fingerprint density at radius 2 is 1.82 bits per heavy atom. The number of rotatable bonds is 1. The van der Waals surface area contributed by atoms with Crippen LogP contribution in [-0.4, -0.2) is 23.4 Å². The van der Waals surface area contributed by atoms with Gasteiger partial charge in [-0.1, -0.05) is 23.8 Å². The van der Waals surface area contributed by atoms with Crippen LogP contribution >= 0.6 is 0 Å². The first-order valence-electron chi connectivity index (χ1n) is 8.99. The molecule has 0 bridgehead atoms. The van der Waals surface area contributed by atoms with E-state index < -0.39 is 0 Å². The van der Waals surface area contributed by atoms with Crippen LogP contribution in [0.1, 0.15) is 72.6 Å². The lowest BCUT2D eigenvalue weighted by Crippen LogP contribution is -2.17. The van der Waals surface area contributed by atoms with Crippen molar-refractivity contribution in [1.29, 1.82) is 0 Å². The van der Waals surface area contributed by atoms with E-state index in [-0.39, 0.29) is 11.2 Å². The van der Waals surface area contributed by atoms with Crippen molar-refractivity contribution in [2.24, 2.45) is 5.92 Å². The molecule has 0 aromatic carbocycles. The smallest absolute Gasteiger partial charge is 0.0923 e. The molecule has 1 aliphatic carbocycles. The Kier molecular flexibility index (Phi) is 4.28. The zero-order valence-corrected chi connectivity index (χ0v) is 14.8. The normalized spacial score (nSPS) is 48.2. The first-order valence-corrected chi connectivity index (χ1v) is 8.99. The molecule has 22 heavy (non-hydrogen) atoms. The molecule has 2 saturated heterocycles. The van der Waals surface area contributed by atoms with E-state index in [4.69, 9.17) is 9.47 Å². The number of epoxide rings is 2. The monoisotopic (exact) mass is 304 g/mol. The van der Waals surface area contributed by atoms with Gasteiger partial charge in [-0.2, -0.15) is 0 Å². The van der Waals surface area contributed by atoms with Gasteiger partial charge in [0.25, 0.3) is 0 Å². The maximum absolute atomic E-state index is 6.06. The lowest BCUT2D eigenvalue weighted by molar-refractivity contribution is 0.269. The van der Waals surface area contributed by atoms with E-state index in [1.807, 2.05) is 0 Å². The SMILES string of the molecule is C=C(C)[C@@H]1CC[C@@]2(C)O[C@@H]2CC/C(C)=C/CC[C@]2(C)O[C@@H]2C1. The zero-order chi connectivity index (χ0) is 16.0. The highest BCUT2D eigenvalue weighted by atomic mass is 16.6. The van der Waals surface area contributed by atoms with Crippen LogP contribution in [0, 0.1) is 5.92 Å². The predicted octanol–water partition coefficient (Wildman–Crippen LogP) is 5.18. The third kappa shape index (κ3) is 3.49. The highest BCUT2D eigenvalue weighted by Crippen LogP contribution is 2.48. The van der Waals surface area contributed by atoms with E-state index >= 15 is 0 Å². The molecule has 0 amide bonds. The molecule has 0 radical (unpaired) electrons. The number of ether oxygens (including phenoxy) is 2. The Morgan fingerprint density at radius 1 is 1.14 bits per heavy atom. The van der Waals surface area contributed by atoms with Crippen LogP contribution in [0.3, 0.4) is 0 Å². The van der Waals surface area contributed by atoms with Gasteiger partial charge in [-0.15, -0.1) is 0 Å². The van der Waals surface area contributed by atoms with Crippen LogP contribution < -0.4 is 0 Å². The van der Waals surface area contributed by atoms with Gasteiger partial charge in [0.2, 0.25) is 0 Å². The average Bonchev–Trinajstić information content (AvgIpc) is 3.28. The Balaban J connectivity index is 1.69. The van der Waals surface area contributed by atoms with E-state index in [9.17, 15) is 0 Å². The van der Waals surface area contributed by atoms with Crippen molar-refractivity contribution in [3.8, 4) is 0 Å². The maximum atomic E-state index is 6.06. The van der Waals surface area contributed by atoms with Crippen molar-refractivity contribution in [2.45, 2.75) is 96.1 Å². The summed E-state index contributed by atoms with van der Waals surface area (Å²) in [5, 5.41) is 0. The standard InChI is InChI=1S/C20H32O2/c1-14(2)16-10-12-20(5)17(21-20)9-8-15(3)7-6-11-19(4)18(13-16)22-19/h7,16-18H,1,6,8-13H2,2-5H3/b15-7+/t16-,17-,18-,19+,20-/m1/s1. The molecule has 3 rings (SSSR count). The van der Waals surface area contributed by atoms with Gasteiger partial charge in [-0.3, -0.25) is 0 Å². The maximum Gasteiger partial charge on any atom is 0.0923 e. The molecule has 0 aromatic heterocycles. The minimum absolute atomic E-state index is 0.108. The van der Waals surface area contributed by atoms with Gasteiger partial charge in [-0.25, -0.2) is 0 Å². The fourth-order valence-electron chi connectivity index (χ4n) is 4.03. The fourth-order valence-corrected chi connectivity index (χ4v) is 4.03. The predicted molar refractivity (Wildman–Crippen MR) is 90.9 cm³/mol. The minimum atomic E-state index is 0.108. The van der Waals surface area contributed by atoms with Crippen molar-refractivity contribution in [1.82, 2.24) is 0 Å². The third-order valence-electron chi connectivity index (χ3n) is 6.19. The van der Waals surface area contributed by atoms with Gasteiger partial charge in [-0.05, 0) is 78.6 Å². The molecule has 2 heterocycles. The first-order chi connectivity index (χ1) is 10.3. The Morgan fingerprint density at radius 3 is 2.55 bits per heavy atom. The molecule has 5 atom stereocenters. The van der Waals surface area contributed by atoms with E-state index in [2.05, 4.69) is 40.3 Å². The molecular formula is C20H32O2. The third-order valence-corrected chi connectivity index (χ3v) is 6.19. The molecule has 0 spiro atoms. The second-order valence-corrected chi connectivity index (χ2v) is 8.28. The number of hydrogen-bond acceptors (Lipinski definition) is 2. The largest absolute Gasteiger partial charge is 0.366 e. The minimum Gasteiger partial charge on any atom is -0.366 e. The molecule has 0 N–H and O–H groups in total. The van der Waals surface area contributed by atoms with Crippen molar-refractivity contribution in [3.05, 3.63) is 23.8 Å². The summed E-state index contributed by atoms with van der Waals surface area (Å²) in [5.41, 5.74) is 3.04. The van der Waals surface area contributed by atoms with Crippen molar-refractivity contribution >= 4 is 0 Å². The van der Waals surface area contributed by atoms with Gasteiger partial charge in [0, 0.05) is 0 Å². The highest BCUT2D eigenvalue weighted by Gasteiger charge is 2.53. The van der Waals surface area contributed by atoms with Gasteiger partial charge in [0.15, 0.2) is 0 Å². The van der Waals surface area contributed by atoms with Crippen LogP contribution in [0.25, 0.3) is 0 Å². The summed E-state index contributed by atoms with van der Waals surface area (Å²) in [5.74, 6) is 0.578. The lowest BCUT2D eigenvalue weighted by atomic mass is 9.84. The number of fused-ring (bicyclic) bond motifs is 2. The highest BCUT2D eigenvalue weighted by molar-refractivity contribution is 5.10. The van der Waals surface area contributed by atoms with Gasteiger partial charge >= 0.3 is 0 Å². The molecule has 2 aliphatic heterocycles. The van der Waals surface area contributed by atoms with Crippen LogP contribution in [0.15, 0.2) is 23.8 Å². The van der Waals surface area contributed by atoms with Crippen molar-refractivity contribution in [3.63, 3.8) is 0 Å². The molecule has 3 aliphatic rings. The second kappa shape index (κ2) is 5.79. The molecule has 124 valence electrons. The summed E-state index contributed by atoms with van der Waals surface area (Å²) < 4.78 is 12.1. The molecule has 0 unspecified atom stereocenters. The summed E-state index contributed by atoms with van der Waals surface area (Å²) in [6, 6.07) is 0. The van der Waals surface area contributed by atoms with Gasteiger partial charge in [0.1, 0.15) is 0 Å². The van der Waals surface area contributed by atoms with E-state index in [0.29, 0.717) is 18.1 Å².